The number of nitrogens with two attached hydrogens (primary N) is 1. The molecule has 0 spiro atoms. The number of carbonyl (C=O) groups excluding carboxylic acids is 1. The van der Waals surface area contributed by atoms with E-state index in [2.05, 4.69) is 19.4 Å². The second kappa shape index (κ2) is 5.75. The lowest BCUT2D eigenvalue weighted by Crippen LogP contribution is -2.19. The lowest BCUT2D eigenvalue weighted by Gasteiger charge is -2.10. The van der Waals surface area contributed by atoms with Gasteiger partial charge in [-0.2, -0.15) is 0 Å². The van der Waals surface area contributed by atoms with E-state index in [0.717, 1.165) is 13.2 Å². The zero-order valence-electron chi connectivity index (χ0n) is 11.0. The average Bonchev–Trinajstić information content (AvgIpc) is 2.47. The number of anilines is 2. The number of hydrogen-bond acceptors (Lipinski definition) is 7. The van der Waals surface area contributed by atoms with Crippen molar-refractivity contribution >= 4 is 27.6 Å². The van der Waals surface area contributed by atoms with Crippen molar-refractivity contribution in [2.24, 2.45) is 0 Å². The normalized spacial score (nSPS) is 10.9. The molecule has 8 nitrogen and oxygen atoms in total. The molecule has 0 aliphatic carbocycles. The van der Waals surface area contributed by atoms with Gasteiger partial charge in [-0.25, -0.2) is 27.9 Å². The minimum atomic E-state index is -4.08. The Morgan fingerprint density at radius 3 is 2.57 bits per heavy atom. The van der Waals surface area contributed by atoms with Gasteiger partial charge in [0.25, 0.3) is 10.0 Å². The highest BCUT2D eigenvalue weighted by Gasteiger charge is 2.24. The predicted molar refractivity (Wildman–Crippen MR) is 75.0 cm³/mol. The molecule has 0 saturated heterocycles. The summed E-state index contributed by atoms with van der Waals surface area (Å²) in [6, 6.07) is 5.39. The van der Waals surface area contributed by atoms with Gasteiger partial charge < -0.3 is 10.5 Å². The Kier molecular flexibility index (Phi) is 4.03. The molecule has 3 N–H and O–H groups in total. The van der Waals surface area contributed by atoms with Crippen LogP contribution in [-0.2, 0) is 14.8 Å². The Balaban J connectivity index is 2.49. The zero-order valence-corrected chi connectivity index (χ0v) is 11.8. The van der Waals surface area contributed by atoms with E-state index in [-0.39, 0.29) is 22.1 Å². The Morgan fingerprint density at radius 2 is 1.95 bits per heavy atom. The van der Waals surface area contributed by atoms with Gasteiger partial charge in [0.05, 0.1) is 12.7 Å². The molecule has 1 heterocycles. The van der Waals surface area contributed by atoms with Crippen molar-refractivity contribution in [1.82, 2.24) is 9.97 Å². The smallest absolute Gasteiger partial charge is 0.339 e. The second-order valence-electron chi connectivity index (χ2n) is 3.93. The van der Waals surface area contributed by atoms with E-state index < -0.39 is 16.0 Å². The maximum absolute atomic E-state index is 12.3. The van der Waals surface area contributed by atoms with Crippen LogP contribution in [0.3, 0.4) is 0 Å². The number of benzene rings is 1. The third-order valence-corrected chi connectivity index (χ3v) is 3.86. The molecule has 0 radical (unpaired) electrons. The van der Waals surface area contributed by atoms with Gasteiger partial charge in [-0.05, 0) is 24.3 Å². The maximum atomic E-state index is 12.3. The van der Waals surface area contributed by atoms with Crippen molar-refractivity contribution in [3.8, 4) is 0 Å². The summed E-state index contributed by atoms with van der Waals surface area (Å²) in [6.07, 6.45) is 2.76. The highest BCUT2D eigenvalue weighted by Crippen LogP contribution is 2.21. The quantitative estimate of drug-likeness (QED) is 0.627. The first-order valence-electron chi connectivity index (χ1n) is 5.72. The van der Waals surface area contributed by atoms with Crippen molar-refractivity contribution in [3.05, 3.63) is 42.2 Å². The molecule has 110 valence electrons. The summed E-state index contributed by atoms with van der Waals surface area (Å²) in [4.78, 5) is 18.9. The van der Waals surface area contributed by atoms with E-state index in [0.29, 0.717) is 0 Å². The van der Waals surface area contributed by atoms with Gasteiger partial charge in [0, 0.05) is 18.1 Å². The van der Waals surface area contributed by atoms with Crippen LogP contribution in [0.5, 0.6) is 0 Å². The molecular weight excluding hydrogens is 296 g/mol. The number of carbonyl (C=O) groups is 1. The molecule has 9 heteroatoms. The number of rotatable bonds is 4. The highest BCUT2D eigenvalue weighted by atomic mass is 32.2. The number of aromatic nitrogens is 2. The number of ether oxygens (including phenoxy) is 1. The third kappa shape index (κ3) is 3.26. The molecule has 2 aromatic rings. The number of esters is 1. The average molecular weight is 308 g/mol. The summed E-state index contributed by atoms with van der Waals surface area (Å²) < 4.78 is 31.4. The molecule has 2 rings (SSSR count). The van der Waals surface area contributed by atoms with E-state index in [1.54, 1.807) is 0 Å². The topological polar surface area (TPSA) is 124 Å². The van der Waals surface area contributed by atoms with Gasteiger partial charge in [-0.3, -0.25) is 0 Å². The van der Waals surface area contributed by atoms with Crippen LogP contribution in [-0.4, -0.2) is 31.5 Å². The minimum Gasteiger partial charge on any atom is -0.465 e. The maximum Gasteiger partial charge on any atom is 0.339 e. The van der Waals surface area contributed by atoms with Crippen LogP contribution in [0, 0.1) is 0 Å². The lowest BCUT2D eigenvalue weighted by molar-refractivity contribution is 0.0596. The monoisotopic (exact) mass is 308 g/mol. The molecule has 1 aromatic carbocycles. The molecule has 0 aliphatic heterocycles. The van der Waals surface area contributed by atoms with Crippen LogP contribution in [0.15, 0.2) is 41.6 Å². The van der Waals surface area contributed by atoms with Crippen LogP contribution in [0.2, 0.25) is 0 Å². The molecule has 0 atom stereocenters. The number of nitrogens with one attached hydrogen (secondary N) is 1. The van der Waals surface area contributed by atoms with Crippen LogP contribution in [0.25, 0.3) is 0 Å². The fourth-order valence-electron chi connectivity index (χ4n) is 1.57. The fourth-order valence-corrected chi connectivity index (χ4v) is 2.75. The summed E-state index contributed by atoms with van der Waals surface area (Å²) in [5.41, 5.74) is 5.65. The van der Waals surface area contributed by atoms with Gasteiger partial charge in [-0.15, -0.1) is 0 Å². The van der Waals surface area contributed by atoms with Crippen molar-refractivity contribution in [2.45, 2.75) is 4.90 Å². The van der Waals surface area contributed by atoms with E-state index in [1.165, 1.54) is 30.6 Å². The largest absolute Gasteiger partial charge is 0.465 e. The standard InChI is InChI=1S/C12H12N4O4S/c1-20-11(17)9-4-3-8(13)7-10(9)21(18,19)16-12-14-5-2-6-15-12/h2-7H,13H2,1H3,(H,14,15,16). The van der Waals surface area contributed by atoms with E-state index in [4.69, 9.17) is 5.73 Å². The van der Waals surface area contributed by atoms with Gasteiger partial charge in [0.1, 0.15) is 4.90 Å². The molecule has 0 unspecified atom stereocenters. The molecular formula is C12H12N4O4S. The first kappa shape index (κ1) is 14.7. The number of hydrogen-bond donors (Lipinski definition) is 2. The van der Waals surface area contributed by atoms with Crippen LogP contribution >= 0.6 is 0 Å². The second-order valence-corrected chi connectivity index (χ2v) is 5.58. The van der Waals surface area contributed by atoms with Crippen molar-refractivity contribution in [1.29, 1.82) is 0 Å². The van der Waals surface area contributed by atoms with Crippen molar-refractivity contribution < 1.29 is 17.9 Å². The van der Waals surface area contributed by atoms with Gasteiger partial charge in [-0.1, -0.05) is 0 Å². The highest BCUT2D eigenvalue weighted by molar-refractivity contribution is 7.92. The summed E-state index contributed by atoms with van der Waals surface area (Å²) in [7, 11) is -2.92. The Bertz CT molecular complexity index is 762. The number of nitrogen functional groups attached to an aromatic ring is 1. The first-order valence-corrected chi connectivity index (χ1v) is 7.20. The zero-order chi connectivity index (χ0) is 15.5. The van der Waals surface area contributed by atoms with Gasteiger partial charge in [0.2, 0.25) is 5.95 Å². The first-order chi connectivity index (χ1) is 9.94. The van der Waals surface area contributed by atoms with Crippen molar-refractivity contribution in [2.75, 3.05) is 17.6 Å². The van der Waals surface area contributed by atoms with Gasteiger partial charge in [0.15, 0.2) is 0 Å². The third-order valence-electron chi connectivity index (χ3n) is 2.49. The summed E-state index contributed by atoms with van der Waals surface area (Å²) in [6.45, 7) is 0. The molecule has 0 amide bonds. The number of methoxy groups -OCH3 is 1. The number of nitrogens with zero attached hydrogens (tertiary/aromatic N) is 2. The van der Waals surface area contributed by atoms with Crippen LogP contribution in [0.4, 0.5) is 11.6 Å². The van der Waals surface area contributed by atoms with Crippen LogP contribution in [0.1, 0.15) is 10.4 Å². The molecule has 1 aromatic heterocycles. The Labute approximate surface area is 121 Å². The molecule has 0 aliphatic rings. The molecule has 0 saturated carbocycles. The summed E-state index contributed by atoms with van der Waals surface area (Å²) in [5, 5.41) is 0. The molecule has 0 fully saturated rings. The van der Waals surface area contributed by atoms with E-state index in [9.17, 15) is 13.2 Å². The fraction of sp³-hybridized carbons (Fsp3) is 0.0833. The number of sulfonamides is 1. The summed E-state index contributed by atoms with van der Waals surface area (Å²) in [5.74, 6) is -0.903. The Hall–Kier alpha value is -2.68. The Morgan fingerprint density at radius 1 is 1.29 bits per heavy atom. The summed E-state index contributed by atoms with van der Waals surface area (Å²) >= 11 is 0. The molecule has 0 bridgehead atoms. The van der Waals surface area contributed by atoms with E-state index >= 15 is 0 Å². The predicted octanol–water partition coefficient (Wildman–Crippen LogP) is 0.646. The van der Waals surface area contributed by atoms with Crippen molar-refractivity contribution in [3.63, 3.8) is 0 Å². The van der Waals surface area contributed by atoms with E-state index in [1.807, 2.05) is 0 Å². The SMILES string of the molecule is COC(=O)c1ccc(N)cc1S(=O)(=O)Nc1ncccn1. The van der Waals surface area contributed by atoms with Crippen LogP contribution < -0.4 is 10.5 Å². The minimum absolute atomic E-state index is 0.115. The van der Waals surface area contributed by atoms with Gasteiger partial charge >= 0.3 is 5.97 Å². The lowest BCUT2D eigenvalue weighted by atomic mass is 10.2. The molecule has 21 heavy (non-hydrogen) atoms.